The van der Waals surface area contributed by atoms with Crippen LogP contribution in [0.2, 0.25) is 0 Å². The SMILES string of the molecule is CC(C)NCCCc1nnc(C2Cc3ccccc3S2)o1. The molecule has 0 saturated heterocycles. The number of benzene rings is 1. The third kappa shape index (κ3) is 3.66. The Morgan fingerprint density at radius 2 is 2.19 bits per heavy atom. The van der Waals surface area contributed by atoms with Gasteiger partial charge in [0, 0.05) is 17.4 Å². The van der Waals surface area contributed by atoms with Crippen LogP contribution in [0.4, 0.5) is 0 Å². The second-order valence-electron chi connectivity index (χ2n) is 5.66. The van der Waals surface area contributed by atoms with Crippen LogP contribution < -0.4 is 5.32 Å². The highest BCUT2D eigenvalue weighted by molar-refractivity contribution is 7.99. The molecule has 3 rings (SSSR count). The molecule has 0 bridgehead atoms. The summed E-state index contributed by atoms with van der Waals surface area (Å²) >= 11 is 1.83. The molecule has 1 aromatic heterocycles. The molecule has 0 saturated carbocycles. The van der Waals surface area contributed by atoms with Gasteiger partial charge in [0.2, 0.25) is 11.8 Å². The fourth-order valence-corrected chi connectivity index (χ4v) is 3.67. The van der Waals surface area contributed by atoms with E-state index in [2.05, 4.69) is 53.6 Å². The van der Waals surface area contributed by atoms with Gasteiger partial charge >= 0.3 is 0 Å². The summed E-state index contributed by atoms with van der Waals surface area (Å²) < 4.78 is 5.84. The number of hydrogen-bond acceptors (Lipinski definition) is 5. The molecule has 0 spiro atoms. The minimum Gasteiger partial charge on any atom is -0.424 e. The molecule has 1 unspecified atom stereocenters. The summed E-state index contributed by atoms with van der Waals surface area (Å²) in [6, 6.07) is 9.03. The average Bonchev–Trinajstić information content (AvgIpc) is 3.09. The minimum atomic E-state index is 0.275. The monoisotopic (exact) mass is 303 g/mol. The van der Waals surface area contributed by atoms with Crippen molar-refractivity contribution in [3.8, 4) is 0 Å². The van der Waals surface area contributed by atoms with Gasteiger partial charge in [-0.1, -0.05) is 32.0 Å². The number of hydrogen-bond donors (Lipinski definition) is 1. The van der Waals surface area contributed by atoms with Crippen LogP contribution >= 0.6 is 11.8 Å². The zero-order chi connectivity index (χ0) is 14.7. The number of nitrogens with one attached hydrogen (secondary N) is 1. The van der Waals surface area contributed by atoms with E-state index in [1.807, 2.05) is 11.8 Å². The number of thioether (sulfide) groups is 1. The van der Waals surface area contributed by atoms with E-state index in [1.165, 1.54) is 10.5 Å². The van der Waals surface area contributed by atoms with Crippen LogP contribution in [0.5, 0.6) is 0 Å². The van der Waals surface area contributed by atoms with E-state index in [9.17, 15) is 0 Å². The van der Waals surface area contributed by atoms with Crippen molar-refractivity contribution in [2.45, 2.75) is 49.3 Å². The van der Waals surface area contributed by atoms with E-state index in [0.29, 0.717) is 6.04 Å². The molecule has 4 nitrogen and oxygen atoms in total. The Morgan fingerprint density at radius 3 is 3.00 bits per heavy atom. The third-order valence-corrected chi connectivity index (χ3v) is 4.83. The summed E-state index contributed by atoms with van der Waals surface area (Å²) in [7, 11) is 0. The number of aromatic nitrogens is 2. The lowest BCUT2D eigenvalue weighted by Crippen LogP contribution is -2.23. The van der Waals surface area contributed by atoms with Gasteiger partial charge in [0.15, 0.2) is 0 Å². The molecule has 2 heterocycles. The lowest BCUT2D eigenvalue weighted by molar-refractivity contribution is 0.437. The maximum atomic E-state index is 5.84. The van der Waals surface area contributed by atoms with E-state index in [4.69, 9.17) is 4.42 Å². The van der Waals surface area contributed by atoms with Gasteiger partial charge in [-0.25, -0.2) is 0 Å². The molecule has 21 heavy (non-hydrogen) atoms. The van der Waals surface area contributed by atoms with Gasteiger partial charge < -0.3 is 9.73 Å². The van der Waals surface area contributed by atoms with E-state index in [-0.39, 0.29) is 5.25 Å². The lowest BCUT2D eigenvalue weighted by atomic mass is 10.1. The molecule has 1 aliphatic rings. The predicted molar refractivity (Wildman–Crippen MR) is 84.5 cm³/mol. The van der Waals surface area contributed by atoms with Crippen LogP contribution in [0.1, 0.15) is 42.9 Å². The molecular weight excluding hydrogens is 282 g/mol. The Bertz CT molecular complexity index is 572. The van der Waals surface area contributed by atoms with E-state index >= 15 is 0 Å². The Balaban J connectivity index is 1.54. The Labute approximate surface area is 129 Å². The first-order valence-electron chi connectivity index (χ1n) is 7.52. The first-order chi connectivity index (χ1) is 10.2. The standard InChI is InChI=1S/C16H21N3OS/c1-11(2)17-9-5-8-15-18-19-16(20-15)14-10-12-6-3-4-7-13(12)21-14/h3-4,6-7,11,14,17H,5,8-10H2,1-2H3. The molecule has 0 amide bonds. The molecule has 1 aromatic carbocycles. The fraction of sp³-hybridized carbons (Fsp3) is 0.500. The second-order valence-corrected chi connectivity index (χ2v) is 6.91. The highest BCUT2D eigenvalue weighted by Gasteiger charge is 2.27. The Morgan fingerprint density at radius 1 is 1.33 bits per heavy atom. The molecule has 1 aliphatic heterocycles. The van der Waals surface area contributed by atoms with Gasteiger partial charge in [-0.2, -0.15) is 0 Å². The highest BCUT2D eigenvalue weighted by atomic mass is 32.2. The Hall–Kier alpha value is -1.33. The van der Waals surface area contributed by atoms with Crippen LogP contribution in [0.15, 0.2) is 33.6 Å². The lowest BCUT2D eigenvalue weighted by Gasteiger charge is -2.05. The van der Waals surface area contributed by atoms with Crippen molar-refractivity contribution in [1.82, 2.24) is 15.5 Å². The van der Waals surface area contributed by atoms with Gasteiger partial charge in [0.1, 0.15) is 0 Å². The molecular formula is C16H21N3OS. The van der Waals surface area contributed by atoms with Crippen LogP contribution in [0.25, 0.3) is 0 Å². The largest absolute Gasteiger partial charge is 0.424 e. The summed E-state index contributed by atoms with van der Waals surface area (Å²) in [6.07, 6.45) is 2.85. The quantitative estimate of drug-likeness (QED) is 0.829. The van der Waals surface area contributed by atoms with Crippen LogP contribution in [-0.4, -0.2) is 22.8 Å². The molecule has 0 radical (unpaired) electrons. The normalized spacial score (nSPS) is 17.4. The third-order valence-electron chi connectivity index (χ3n) is 3.53. The first-order valence-corrected chi connectivity index (χ1v) is 8.40. The number of fused-ring (bicyclic) bond motifs is 1. The zero-order valence-electron chi connectivity index (χ0n) is 12.5. The summed E-state index contributed by atoms with van der Waals surface area (Å²) in [6.45, 7) is 5.29. The summed E-state index contributed by atoms with van der Waals surface area (Å²) in [4.78, 5) is 1.34. The van der Waals surface area contributed by atoms with Gasteiger partial charge in [0.05, 0.1) is 5.25 Å². The topological polar surface area (TPSA) is 51.0 Å². The van der Waals surface area contributed by atoms with Gasteiger partial charge in [0.25, 0.3) is 0 Å². The average molecular weight is 303 g/mol. The fourth-order valence-electron chi connectivity index (χ4n) is 2.45. The summed E-state index contributed by atoms with van der Waals surface area (Å²) in [5.74, 6) is 1.52. The molecule has 0 fully saturated rings. The summed E-state index contributed by atoms with van der Waals surface area (Å²) in [5, 5.41) is 12.1. The second kappa shape index (κ2) is 6.62. The van der Waals surface area contributed by atoms with Crippen molar-refractivity contribution in [1.29, 1.82) is 0 Å². The van der Waals surface area contributed by atoms with Crippen molar-refractivity contribution in [3.63, 3.8) is 0 Å². The van der Waals surface area contributed by atoms with Crippen LogP contribution in [-0.2, 0) is 12.8 Å². The van der Waals surface area contributed by atoms with Gasteiger partial charge in [-0.3, -0.25) is 0 Å². The number of rotatable bonds is 6. The van der Waals surface area contributed by atoms with E-state index in [0.717, 1.165) is 37.6 Å². The first kappa shape index (κ1) is 14.6. The summed E-state index contributed by atoms with van der Waals surface area (Å²) in [5.41, 5.74) is 1.38. The maximum Gasteiger partial charge on any atom is 0.230 e. The molecule has 5 heteroatoms. The van der Waals surface area contributed by atoms with Crippen molar-refractivity contribution in [3.05, 3.63) is 41.6 Å². The van der Waals surface area contributed by atoms with E-state index < -0.39 is 0 Å². The smallest absolute Gasteiger partial charge is 0.230 e. The Kier molecular flexibility index (Phi) is 4.60. The number of nitrogens with zero attached hydrogens (tertiary/aromatic N) is 2. The zero-order valence-corrected chi connectivity index (χ0v) is 13.3. The molecule has 1 atom stereocenters. The van der Waals surface area contributed by atoms with Crippen molar-refractivity contribution in [2.75, 3.05) is 6.54 Å². The predicted octanol–water partition coefficient (Wildman–Crippen LogP) is 3.39. The highest BCUT2D eigenvalue weighted by Crippen LogP contribution is 2.45. The van der Waals surface area contributed by atoms with Crippen LogP contribution in [0.3, 0.4) is 0 Å². The molecule has 112 valence electrons. The van der Waals surface area contributed by atoms with E-state index in [1.54, 1.807) is 0 Å². The molecule has 0 aliphatic carbocycles. The minimum absolute atomic E-state index is 0.275. The van der Waals surface area contributed by atoms with Crippen LogP contribution in [0, 0.1) is 0 Å². The maximum absolute atomic E-state index is 5.84. The molecule has 2 aromatic rings. The van der Waals surface area contributed by atoms with Gasteiger partial charge in [-0.15, -0.1) is 22.0 Å². The number of aryl methyl sites for hydroxylation is 1. The van der Waals surface area contributed by atoms with Gasteiger partial charge in [-0.05, 0) is 31.0 Å². The molecule has 1 N–H and O–H groups in total. The van der Waals surface area contributed by atoms with Crippen molar-refractivity contribution < 1.29 is 4.42 Å². The van der Waals surface area contributed by atoms with Crippen molar-refractivity contribution in [2.24, 2.45) is 0 Å². The van der Waals surface area contributed by atoms with Crippen molar-refractivity contribution >= 4 is 11.8 Å².